The Hall–Kier alpha value is -2.79. The minimum absolute atomic E-state index is 0.0779. The number of nitrogens with zero attached hydrogens (tertiary/aromatic N) is 1. The largest absolute Gasteiger partial charge is 0.506 e. The molecule has 3 rings (SSSR count). The second-order valence-corrected chi connectivity index (χ2v) is 6.47. The summed E-state index contributed by atoms with van der Waals surface area (Å²) in [6, 6.07) is 8.76. The van der Waals surface area contributed by atoms with Crippen molar-refractivity contribution in [2.75, 3.05) is 11.9 Å². The van der Waals surface area contributed by atoms with Crippen LogP contribution < -0.4 is 5.32 Å². The van der Waals surface area contributed by atoms with Crippen molar-refractivity contribution in [2.24, 2.45) is 0 Å². The zero-order chi connectivity index (χ0) is 18.8. The fraction of sp³-hybridized carbons (Fsp3) is 0.200. The number of benzene rings is 2. The van der Waals surface area contributed by atoms with Crippen LogP contribution in [0.15, 0.2) is 36.5 Å². The van der Waals surface area contributed by atoms with E-state index in [-0.39, 0.29) is 17.9 Å². The summed E-state index contributed by atoms with van der Waals surface area (Å²) in [6.45, 7) is 5.81. The predicted octanol–water partition coefficient (Wildman–Crippen LogP) is 5.13. The van der Waals surface area contributed by atoms with E-state index < -0.39 is 5.97 Å². The first-order valence-electron chi connectivity index (χ1n) is 8.23. The van der Waals surface area contributed by atoms with Crippen molar-refractivity contribution in [1.29, 1.82) is 0 Å². The number of aromatic nitrogens is 1. The Kier molecular flexibility index (Phi) is 5.00. The summed E-state index contributed by atoms with van der Waals surface area (Å²) in [5, 5.41) is 14.6. The highest BCUT2D eigenvalue weighted by Gasteiger charge is 2.19. The monoisotopic (exact) mass is 370 g/mol. The van der Waals surface area contributed by atoms with Crippen LogP contribution in [-0.2, 0) is 4.74 Å². The Labute approximate surface area is 156 Å². The summed E-state index contributed by atoms with van der Waals surface area (Å²) in [7, 11) is 0. The van der Waals surface area contributed by atoms with Crippen LogP contribution in [0.4, 0.5) is 11.4 Å². The van der Waals surface area contributed by atoms with Crippen molar-refractivity contribution in [3.05, 3.63) is 58.2 Å². The Morgan fingerprint density at radius 3 is 2.77 bits per heavy atom. The molecule has 0 aliphatic carbocycles. The Bertz CT molecular complexity index is 1000. The molecule has 0 radical (unpaired) electrons. The van der Waals surface area contributed by atoms with Gasteiger partial charge in [-0.05, 0) is 56.2 Å². The number of ether oxygens (including phenoxy) is 1. The standard InChI is InChI=1S/C20H19ClN2O3/c1-4-26-20(25)15-10-22-18-12(3)8-13(21)9-14(18)19(15)23-16-7-11(2)5-6-17(16)24/h5-10,24H,4H2,1-3H3,(H,22,23). The molecule has 2 N–H and O–H groups in total. The lowest BCUT2D eigenvalue weighted by Gasteiger charge is -2.16. The quantitative estimate of drug-likeness (QED) is 0.492. The highest BCUT2D eigenvalue weighted by molar-refractivity contribution is 6.31. The predicted molar refractivity (Wildman–Crippen MR) is 104 cm³/mol. The molecule has 0 unspecified atom stereocenters. The second kappa shape index (κ2) is 7.22. The average molecular weight is 371 g/mol. The summed E-state index contributed by atoms with van der Waals surface area (Å²) in [6.07, 6.45) is 1.48. The number of fused-ring (bicyclic) bond motifs is 1. The minimum atomic E-state index is -0.492. The van der Waals surface area contributed by atoms with E-state index in [1.54, 1.807) is 31.2 Å². The van der Waals surface area contributed by atoms with Crippen molar-refractivity contribution in [1.82, 2.24) is 4.98 Å². The summed E-state index contributed by atoms with van der Waals surface area (Å²) in [5.41, 5.74) is 3.84. The van der Waals surface area contributed by atoms with E-state index in [0.717, 1.165) is 16.6 Å². The summed E-state index contributed by atoms with van der Waals surface area (Å²) >= 11 is 6.23. The van der Waals surface area contributed by atoms with E-state index in [9.17, 15) is 9.90 Å². The number of nitrogens with one attached hydrogen (secondary N) is 1. The molecule has 1 heterocycles. The van der Waals surface area contributed by atoms with Gasteiger partial charge in [-0.15, -0.1) is 0 Å². The van der Waals surface area contributed by atoms with E-state index >= 15 is 0 Å². The first-order chi connectivity index (χ1) is 12.4. The molecule has 1 aromatic heterocycles. The van der Waals surface area contributed by atoms with E-state index in [1.807, 2.05) is 19.9 Å². The molecule has 0 saturated heterocycles. The van der Waals surface area contributed by atoms with Crippen LogP contribution in [0, 0.1) is 13.8 Å². The van der Waals surface area contributed by atoms with Crippen LogP contribution in [0.3, 0.4) is 0 Å². The van der Waals surface area contributed by atoms with Crippen LogP contribution in [0.2, 0.25) is 5.02 Å². The van der Waals surface area contributed by atoms with E-state index in [4.69, 9.17) is 16.3 Å². The third-order valence-corrected chi connectivity index (χ3v) is 4.25. The van der Waals surface area contributed by atoms with Crippen molar-refractivity contribution >= 4 is 39.8 Å². The number of carbonyl (C=O) groups is 1. The lowest BCUT2D eigenvalue weighted by molar-refractivity contribution is 0.0527. The number of pyridine rings is 1. The molecular formula is C20H19ClN2O3. The lowest BCUT2D eigenvalue weighted by Crippen LogP contribution is -2.09. The molecule has 0 aliphatic rings. The molecule has 0 fully saturated rings. The maximum Gasteiger partial charge on any atom is 0.341 e. The van der Waals surface area contributed by atoms with Crippen LogP contribution in [0.5, 0.6) is 5.75 Å². The maximum atomic E-state index is 12.4. The minimum Gasteiger partial charge on any atom is -0.506 e. The topological polar surface area (TPSA) is 71.5 Å². The molecule has 26 heavy (non-hydrogen) atoms. The van der Waals surface area contributed by atoms with Gasteiger partial charge in [0.2, 0.25) is 0 Å². The zero-order valence-electron chi connectivity index (χ0n) is 14.8. The molecule has 0 aliphatic heterocycles. The molecule has 6 heteroatoms. The number of aromatic hydroxyl groups is 1. The number of aryl methyl sites for hydroxylation is 2. The smallest absolute Gasteiger partial charge is 0.341 e. The normalized spacial score (nSPS) is 10.8. The van der Waals surface area contributed by atoms with Crippen LogP contribution >= 0.6 is 11.6 Å². The van der Waals surface area contributed by atoms with Crippen molar-refractivity contribution in [3.63, 3.8) is 0 Å². The maximum absolute atomic E-state index is 12.4. The van der Waals surface area contributed by atoms with Crippen molar-refractivity contribution < 1.29 is 14.6 Å². The molecule has 0 spiro atoms. The van der Waals surface area contributed by atoms with Gasteiger partial charge in [0.25, 0.3) is 0 Å². The number of hydrogen-bond donors (Lipinski definition) is 2. The van der Waals surface area contributed by atoms with E-state index in [1.165, 1.54) is 6.20 Å². The van der Waals surface area contributed by atoms with Gasteiger partial charge in [0.05, 0.1) is 23.5 Å². The third-order valence-electron chi connectivity index (χ3n) is 4.03. The van der Waals surface area contributed by atoms with Gasteiger partial charge in [-0.1, -0.05) is 17.7 Å². The molecule has 2 aromatic carbocycles. The van der Waals surface area contributed by atoms with Gasteiger partial charge < -0.3 is 15.2 Å². The first kappa shape index (κ1) is 18.0. The van der Waals surface area contributed by atoms with Gasteiger partial charge in [-0.2, -0.15) is 0 Å². The second-order valence-electron chi connectivity index (χ2n) is 6.03. The SMILES string of the molecule is CCOC(=O)c1cnc2c(C)cc(Cl)cc2c1Nc1cc(C)ccc1O. The van der Waals surface area contributed by atoms with Gasteiger partial charge >= 0.3 is 5.97 Å². The Balaban J connectivity index is 2.26. The fourth-order valence-electron chi connectivity index (χ4n) is 2.82. The molecule has 0 amide bonds. The Morgan fingerprint density at radius 1 is 1.27 bits per heavy atom. The van der Waals surface area contributed by atoms with Gasteiger partial charge in [0.1, 0.15) is 11.3 Å². The molecular weight excluding hydrogens is 352 g/mol. The first-order valence-corrected chi connectivity index (χ1v) is 8.61. The number of hydrogen-bond acceptors (Lipinski definition) is 5. The van der Waals surface area contributed by atoms with Gasteiger partial charge in [-0.3, -0.25) is 4.98 Å². The van der Waals surface area contributed by atoms with Crippen LogP contribution in [0.25, 0.3) is 10.9 Å². The molecule has 134 valence electrons. The van der Waals surface area contributed by atoms with Crippen LogP contribution in [0.1, 0.15) is 28.4 Å². The summed E-state index contributed by atoms with van der Waals surface area (Å²) < 4.78 is 5.16. The van der Waals surface area contributed by atoms with Crippen molar-refractivity contribution in [3.8, 4) is 5.75 Å². The molecule has 0 atom stereocenters. The molecule has 0 saturated carbocycles. The van der Waals surface area contributed by atoms with Crippen LogP contribution in [-0.4, -0.2) is 22.7 Å². The number of phenolic OH excluding ortho intramolecular Hbond substituents is 1. The highest BCUT2D eigenvalue weighted by atomic mass is 35.5. The number of anilines is 2. The number of carbonyl (C=O) groups excluding carboxylic acids is 1. The fourth-order valence-corrected chi connectivity index (χ4v) is 3.09. The molecule has 5 nitrogen and oxygen atoms in total. The highest BCUT2D eigenvalue weighted by Crippen LogP contribution is 2.35. The third kappa shape index (κ3) is 3.44. The summed E-state index contributed by atoms with van der Waals surface area (Å²) in [5.74, 6) is -0.414. The van der Waals surface area contributed by atoms with Crippen molar-refractivity contribution in [2.45, 2.75) is 20.8 Å². The van der Waals surface area contributed by atoms with Gasteiger partial charge in [0, 0.05) is 16.6 Å². The Morgan fingerprint density at radius 2 is 2.04 bits per heavy atom. The number of halogens is 1. The summed E-state index contributed by atoms with van der Waals surface area (Å²) in [4.78, 5) is 16.8. The van der Waals surface area contributed by atoms with Gasteiger partial charge in [0.15, 0.2) is 0 Å². The average Bonchev–Trinajstić information content (AvgIpc) is 2.58. The lowest BCUT2D eigenvalue weighted by atomic mass is 10.1. The molecule has 3 aromatic rings. The van der Waals surface area contributed by atoms with E-state index in [0.29, 0.717) is 21.8 Å². The van der Waals surface area contributed by atoms with E-state index in [2.05, 4.69) is 10.3 Å². The number of rotatable bonds is 4. The molecule has 0 bridgehead atoms. The number of phenols is 1. The van der Waals surface area contributed by atoms with Gasteiger partial charge in [-0.25, -0.2) is 4.79 Å². The zero-order valence-corrected chi connectivity index (χ0v) is 15.5. The number of esters is 1.